The van der Waals surface area contributed by atoms with Crippen LogP contribution in [-0.4, -0.2) is 28.9 Å². The minimum atomic E-state index is -0.973. The third-order valence-corrected chi connectivity index (χ3v) is 7.02. The van der Waals surface area contributed by atoms with Crippen molar-refractivity contribution in [1.29, 1.82) is 0 Å². The normalized spacial score (nSPS) is 17.4. The Labute approximate surface area is 204 Å². The van der Waals surface area contributed by atoms with Crippen LogP contribution in [0.1, 0.15) is 28.3 Å². The van der Waals surface area contributed by atoms with Crippen LogP contribution in [0.3, 0.4) is 0 Å². The van der Waals surface area contributed by atoms with Gasteiger partial charge >= 0.3 is 5.91 Å². The highest BCUT2D eigenvalue weighted by molar-refractivity contribution is 7.22. The third-order valence-electron chi connectivity index (χ3n) is 6.02. The van der Waals surface area contributed by atoms with Crippen molar-refractivity contribution in [2.45, 2.75) is 19.9 Å². The van der Waals surface area contributed by atoms with Gasteiger partial charge in [-0.3, -0.25) is 14.5 Å². The first-order valence-corrected chi connectivity index (χ1v) is 11.7. The number of aromatic nitrogens is 1. The second-order valence-corrected chi connectivity index (χ2v) is 9.38. The Morgan fingerprint density at radius 1 is 1.06 bits per heavy atom. The highest BCUT2D eigenvalue weighted by Crippen LogP contribution is 2.44. The molecule has 0 aliphatic carbocycles. The number of aryl methyl sites for hydroxylation is 2. The molecule has 1 amide bonds. The molecule has 176 valence electrons. The molecule has 3 aromatic carbocycles. The average Bonchev–Trinajstić information content (AvgIpc) is 3.38. The lowest BCUT2D eigenvalue weighted by Gasteiger charge is -2.23. The van der Waals surface area contributed by atoms with Crippen LogP contribution in [-0.2, 0) is 9.59 Å². The number of anilines is 1. The van der Waals surface area contributed by atoms with E-state index in [1.165, 1.54) is 47.6 Å². The number of hydrogen-bond acceptors (Lipinski definition) is 6. The van der Waals surface area contributed by atoms with Gasteiger partial charge in [0.05, 0.1) is 28.9 Å². The number of carbonyl (C=O) groups is 2. The highest BCUT2D eigenvalue weighted by atomic mass is 32.1. The molecule has 8 heteroatoms. The maximum atomic E-state index is 13.7. The number of methoxy groups -OCH3 is 1. The fraction of sp³-hybridized carbons (Fsp3) is 0.148. The molecule has 1 aliphatic rings. The molecule has 1 aliphatic heterocycles. The Hall–Kier alpha value is -4.04. The van der Waals surface area contributed by atoms with Gasteiger partial charge in [0.15, 0.2) is 5.13 Å². The fourth-order valence-electron chi connectivity index (χ4n) is 4.36. The van der Waals surface area contributed by atoms with E-state index >= 15 is 0 Å². The van der Waals surface area contributed by atoms with Crippen LogP contribution < -0.4 is 9.64 Å². The number of halogens is 1. The average molecular weight is 489 g/mol. The number of fused-ring (bicyclic) bond motifs is 1. The number of ether oxygens (including phenoxy) is 1. The van der Waals surface area contributed by atoms with Gasteiger partial charge in [-0.2, -0.15) is 0 Å². The first kappa shape index (κ1) is 22.7. The molecule has 6 nitrogen and oxygen atoms in total. The van der Waals surface area contributed by atoms with E-state index in [4.69, 9.17) is 4.74 Å². The van der Waals surface area contributed by atoms with E-state index in [-0.39, 0.29) is 11.3 Å². The summed E-state index contributed by atoms with van der Waals surface area (Å²) in [6, 6.07) is 15.0. The molecule has 0 radical (unpaired) electrons. The lowest BCUT2D eigenvalue weighted by Crippen LogP contribution is -2.29. The van der Waals surface area contributed by atoms with Gasteiger partial charge in [0, 0.05) is 5.56 Å². The summed E-state index contributed by atoms with van der Waals surface area (Å²) in [5.74, 6) is -1.83. The van der Waals surface area contributed by atoms with Gasteiger partial charge in [-0.25, -0.2) is 9.37 Å². The molecule has 1 N–H and O–H groups in total. The van der Waals surface area contributed by atoms with Crippen LogP contribution in [0.25, 0.3) is 16.0 Å². The van der Waals surface area contributed by atoms with E-state index < -0.39 is 23.5 Å². The molecular formula is C27H21FN2O4S. The molecule has 5 rings (SSSR count). The summed E-state index contributed by atoms with van der Waals surface area (Å²) in [7, 11) is 1.52. The number of Topliss-reactive ketones (excluding diaryl/α,β-unsaturated/α-hetero) is 1. The number of aliphatic hydroxyl groups excluding tert-OH is 1. The van der Waals surface area contributed by atoms with Gasteiger partial charge in [0.2, 0.25) is 0 Å². The van der Waals surface area contributed by atoms with Gasteiger partial charge < -0.3 is 9.84 Å². The molecule has 1 atom stereocenters. The van der Waals surface area contributed by atoms with Crippen LogP contribution in [0, 0.1) is 19.7 Å². The largest absolute Gasteiger partial charge is 0.507 e. The molecule has 1 fully saturated rings. The summed E-state index contributed by atoms with van der Waals surface area (Å²) in [6.45, 7) is 3.92. The van der Waals surface area contributed by atoms with Crippen LogP contribution in [0.5, 0.6) is 5.75 Å². The summed E-state index contributed by atoms with van der Waals surface area (Å²) >= 11 is 1.29. The maximum absolute atomic E-state index is 13.7. The van der Waals surface area contributed by atoms with Gasteiger partial charge in [-0.1, -0.05) is 29.5 Å². The maximum Gasteiger partial charge on any atom is 0.301 e. The van der Waals surface area contributed by atoms with Crippen molar-refractivity contribution in [2.24, 2.45) is 0 Å². The van der Waals surface area contributed by atoms with Gasteiger partial charge in [0.1, 0.15) is 17.3 Å². The number of carbonyl (C=O) groups excluding carboxylic acids is 2. The van der Waals surface area contributed by atoms with Crippen LogP contribution >= 0.6 is 11.3 Å². The number of ketones is 1. The lowest BCUT2D eigenvalue weighted by atomic mass is 9.95. The van der Waals surface area contributed by atoms with Gasteiger partial charge in [0.25, 0.3) is 5.78 Å². The Bertz CT molecular complexity index is 1510. The van der Waals surface area contributed by atoms with Gasteiger partial charge in [-0.05, 0) is 73.0 Å². The topological polar surface area (TPSA) is 79.7 Å². The number of thiazole rings is 1. The van der Waals surface area contributed by atoms with Crippen molar-refractivity contribution in [3.8, 4) is 5.75 Å². The Morgan fingerprint density at radius 3 is 2.40 bits per heavy atom. The zero-order valence-electron chi connectivity index (χ0n) is 19.2. The van der Waals surface area contributed by atoms with Crippen molar-refractivity contribution in [3.63, 3.8) is 0 Å². The highest BCUT2D eigenvalue weighted by Gasteiger charge is 2.48. The van der Waals surface area contributed by atoms with Crippen molar-refractivity contribution < 1.29 is 23.8 Å². The SMILES string of the molecule is COc1ccc(/C(O)=C2\C(=O)C(=O)N(c3nc4c(C)cc(C)cc4s3)[C@H]2c2ccc(F)cc2)cc1. The summed E-state index contributed by atoms with van der Waals surface area (Å²) in [5.41, 5.74) is 3.50. The predicted octanol–water partition coefficient (Wildman–Crippen LogP) is 5.69. The molecule has 0 unspecified atom stereocenters. The number of aliphatic hydroxyl groups is 1. The van der Waals surface area contributed by atoms with E-state index in [1.54, 1.807) is 24.3 Å². The van der Waals surface area contributed by atoms with E-state index in [0.29, 0.717) is 22.0 Å². The molecule has 0 saturated carbocycles. The van der Waals surface area contributed by atoms with E-state index in [0.717, 1.165) is 21.3 Å². The van der Waals surface area contributed by atoms with Crippen molar-refractivity contribution in [2.75, 3.05) is 12.0 Å². The zero-order valence-corrected chi connectivity index (χ0v) is 20.0. The molecule has 0 bridgehead atoms. The molecule has 35 heavy (non-hydrogen) atoms. The third kappa shape index (κ3) is 3.85. The monoisotopic (exact) mass is 488 g/mol. The second kappa shape index (κ2) is 8.63. The van der Waals surface area contributed by atoms with E-state index in [1.807, 2.05) is 26.0 Å². The number of benzene rings is 3. The summed E-state index contributed by atoms with van der Waals surface area (Å²) in [4.78, 5) is 32.6. The summed E-state index contributed by atoms with van der Waals surface area (Å²) < 4.78 is 19.8. The van der Waals surface area contributed by atoms with Crippen molar-refractivity contribution >= 4 is 44.1 Å². The molecule has 2 heterocycles. The van der Waals surface area contributed by atoms with E-state index in [9.17, 15) is 19.1 Å². The van der Waals surface area contributed by atoms with E-state index in [2.05, 4.69) is 4.98 Å². The van der Waals surface area contributed by atoms with Crippen molar-refractivity contribution in [3.05, 3.63) is 94.3 Å². The molecule has 4 aromatic rings. The Morgan fingerprint density at radius 2 is 1.74 bits per heavy atom. The van der Waals surface area contributed by atoms with Crippen LogP contribution in [0.15, 0.2) is 66.2 Å². The molecular weight excluding hydrogens is 467 g/mol. The first-order chi connectivity index (χ1) is 16.8. The van der Waals surface area contributed by atoms with Crippen molar-refractivity contribution in [1.82, 2.24) is 4.98 Å². The molecule has 0 spiro atoms. The number of nitrogens with zero attached hydrogens (tertiary/aromatic N) is 2. The summed E-state index contributed by atoms with van der Waals surface area (Å²) in [6.07, 6.45) is 0. The first-order valence-electron chi connectivity index (χ1n) is 10.9. The van der Waals surface area contributed by atoms with Crippen LogP contribution in [0.2, 0.25) is 0 Å². The zero-order chi connectivity index (χ0) is 24.9. The quantitative estimate of drug-likeness (QED) is 0.227. The van der Waals surface area contributed by atoms with Gasteiger partial charge in [-0.15, -0.1) is 0 Å². The molecule has 1 saturated heterocycles. The minimum absolute atomic E-state index is 0.0843. The number of hydrogen-bond donors (Lipinski definition) is 1. The fourth-order valence-corrected chi connectivity index (χ4v) is 5.53. The number of rotatable bonds is 4. The molecule has 1 aromatic heterocycles. The Balaban J connectivity index is 1.72. The smallest absolute Gasteiger partial charge is 0.301 e. The standard InChI is InChI=1S/C27H21FN2O4S/c1-14-12-15(2)22-20(13-14)35-27(29-22)30-23(16-4-8-18(28)9-5-16)21(25(32)26(30)33)24(31)17-6-10-19(34-3)11-7-17/h4-13,23,31H,1-3H3/b24-21+/t23-/m0/s1. The lowest BCUT2D eigenvalue weighted by molar-refractivity contribution is -0.132. The minimum Gasteiger partial charge on any atom is -0.507 e. The number of amides is 1. The van der Waals surface area contributed by atoms with Crippen LogP contribution in [0.4, 0.5) is 9.52 Å². The second-order valence-electron chi connectivity index (χ2n) is 8.37. The Kier molecular flexibility index (Phi) is 5.61. The predicted molar refractivity (Wildman–Crippen MR) is 133 cm³/mol. The summed E-state index contributed by atoms with van der Waals surface area (Å²) in [5, 5.41) is 11.5.